The van der Waals surface area contributed by atoms with E-state index in [-0.39, 0.29) is 30.1 Å². The average Bonchev–Trinajstić information content (AvgIpc) is 2.85. The molecule has 5 rings (SSSR count). The number of aliphatic hydroxyl groups is 1. The molecule has 2 aromatic carbocycles. The first kappa shape index (κ1) is 28.9. The maximum Gasteiger partial charge on any atom is 0.251 e. The molecule has 0 aliphatic carbocycles. The first-order valence-electron chi connectivity index (χ1n) is 14.3. The Morgan fingerprint density at radius 2 is 1.73 bits per heavy atom. The largest absolute Gasteiger partial charge is 0.487 e. The number of guanidine groups is 1. The van der Waals surface area contributed by atoms with Crippen molar-refractivity contribution in [2.75, 3.05) is 0 Å². The van der Waals surface area contributed by atoms with Gasteiger partial charge in [0.1, 0.15) is 28.8 Å². The number of hydrogen-bond acceptors (Lipinski definition) is 6. The van der Waals surface area contributed by atoms with E-state index >= 15 is 0 Å². The fourth-order valence-electron chi connectivity index (χ4n) is 6.07. The minimum atomic E-state index is -0.983. The number of hydrogen-bond donors (Lipinski definition) is 4. The Morgan fingerprint density at radius 3 is 2.39 bits per heavy atom. The van der Waals surface area contributed by atoms with E-state index in [2.05, 4.69) is 10.6 Å². The summed E-state index contributed by atoms with van der Waals surface area (Å²) in [5.74, 6) is 0.917. The van der Waals surface area contributed by atoms with Crippen LogP contribution in [0.5, 0.6) is 11.5 Å². The molecule has 3 aliphatic rings. The zero-order chi connectivity index (χ0) is 30.1. The van der Waals surface area contributed by atoms with Crippen LogP contribution < -0.4 is 20.1 Å². The molecule has 0 aromatic heterocycles. The van der Waals surface area contributed by atoms with Gasteiger partial charge in [0.2, 0.25) is 5.91 Å². The highest BCUT2D eigenvalue weighted by Gasteiger charge is 2.47. The number of nitrogens with one attached hydrogen (secondary N) is 3. The predicted molar refractivity (Wildman–Crippen MR) is 156 cm³/mol. The Labute approximate surface area is 242 Å². The molecular weight excluding hydrogens is 520 g/mol. The molecule has 9 nitrogen and oxygen atoms in total. The Morgan fingerprint density at radius 1 is 1.07 bits per heavy atom. The van der Waals surface area contributed by atoms with Gasteiger partial charge in [-0.3, -0.25) is 19.9 Å². The normalized spacial score (nSPS) is 28.1. The molecule has 0 bridgehead atoms. The van der Waals surface area contributed by atoms with Crippen molar-refractivity contribution in [2.24, 2.45) is 5.92 Å². The number of carbonyl (C=O) groups is 2. The number of benzene rings is 2. The third kappa shape index (κ3) is 5.16. The molecule has 0 radical (unpaired) electrons. The first-order chi connectivity index (χ1) is 19.0. The molecule has 4 atom stereocenters. The Bertz CT molecular complexity index is 1400. The maximum absolute atomic E-state index is 13.7. The van der Waals surface area contributed by atoms with Crippen LogP contribution in [0, 0.1) is 18.3 Å². The minimum absolute atomic E-state index is 0.0560. The minimum Gasteiger partial charge on any atom is -0.487 e. The van der Waals surface area contributed by atoms with Gasteiger partial charge in [-0.2, -0.15) is 0 Å². The third-order valence-corrected chi connectivity index (χ3v) is 8.91. The zero-order valence-electron chi connectivity index (χ0n) is 25.2. The van der Waals surface area contributed by atoms with Crippen LogP contribution in [0.4, 0.5) is 0 Å². The lowest BCUT2D eigenvalue weighted by molar-refractivity contribution is -0.134. The molecule has 220 valence electrons. The van der Waals surface area contributed by atoms with E-state index in [1.807, 2.05) is 59.7 Å². The van der Waals surface area contributed by atoms with Crippen molar-refractivity contribution in [1.82, 2.24) is 15.5 Å². The van der Waals surface area contributed by atoms with Gasteiger partial charge in [-0.25, -0.2) is 0 Å². The highest BCUT2D eigenvalue weighted by molar-refractivity contribution is 6.00. The quantitative estimate of drug-likeness (QED) is 0.426. The lowest BCUT2D eigenvalue weighted by Crippen LogP contribution is -2.64. The molecule has 3 heterocycles. The van der Waals surface area contributed by atoms with Crippen molar-refractivity contribution in [3.8, 4) is 11.5 Å². The number of carbonyl (C=O) groups excluding carboxylic acids is 2. The van der Waals surface area contributed by atoms with Crippen molar-refractivity contribution in [1.29, 1.82) is 5.41 Å². The molecule has 1 fully saturated rings. The van der Waals surface area contributed by atoms with Gasteiger partial charge >= 0.3 is 0 Å². The van der Waals surface area contributed by atoms with Crippen LogP contribution in [0.25, 0.3) is 0 Å². The summed E-state index contributed by atoms with van der Waals surface area (Å²) < 4.78 is 12.3. The lowest BCUT2D eigenvalue weighted by atomic mass is 9.81. The van der Waals surface area contributed by atoms with E-state index in [4.69, 9.17) is 14.9 Å². The van der Waals surface area contributed by atoms with Crippen molar-refractivity contribution in [3.05, 3.63) is 58.7 Å². The number of fused-ring (bicyclic) bond motifs is 2. The third-order valence-electron chi connectivity index (χ3n) is 8.91. The molecule has 9 heteroatoms. The van der Waals surface area contributed by atoms with E-state index in [0.717, 1.165) is 11.1 Å². The molecule has 0 saturated carbocycles. The monoisotopic (exact) mass is 562 g/mol. The van der Waals surface area contributed by atoms with Crippen molar-refractivity contribution < 1.29 is 24.2 Å². The molecule has 2 amide bonds. The standard InChI is InChI=1S/C32H42N4O5/c1-17(2)32(8)16-25(37)36(29(33)35-32)22-15-30(4,5)40-23-12-10-19(14-20(22)23)28(39)34-26-21-13-18(3)9-11-24(21)41-31(6,7)27(26)38/h9-14,17,22,26-27,38H,15-16H2,1-8H3,(H2,33,35)(H,34,39)/t22-,26-,27+,32+/m1/s1. The topological polar surface area (TPSA) is 124 Å². The highest BCUT2D eigenvalue weighted by atomic mass is 16.5. The van der Waals surface area contributed by atoms with Crippen molar-refractivity contribution in [2.45, 2.75) is 103 Å². The zero-order valence-corrected chi connectivity index (χ0v) is 25.2. The molecular formula is C32H42N4O5. The van der Waals surface area contributed by atoms with Gasteiger partial charge in [-0.15, -0.1) is 0 Å². The summed E-state index contributed by atoms with van der Waals surface area (Å²) in [6.45, 7) is 15.5. The molecule has 0 spiro atoms. The second-order valence-corrected chi connectivity index (χ2v) is 13.5. The number of rotatable bonds is 4. The summed E-state index contributed by atoms with van der Waals surface area (Å²) in [5.41, 5.74) is 0.757. The number of nitrogens with zero attached hydrogens (tertiary/aromatic N) is 1. The fraction of sp³-hybridized carbons (Fsp3) is 0.531. The first-order valence-corrected chi connectivity index (χ1v) is 14.3. The summed E-state index contributed by atoms with van der Waals surface area (Å²) in [6.07, 6.45) is -0.266. The second-order valence-electron chi connectivity index (χ2n) is 13.5. The van der Waals surface area contributed by atoms with E-state index in [9.17, 15) is 14.7 Å². The van der Waals surface area contributed by atoms with Gasteiger partial charge in [0.25, 0.3) is 5.91 Å². The van der Waals surface area contributed by atoms with Gasteiger partial charge in [-0.1, -0.05) is 31.5 Å². The summed E-state index contributed by atoms with van der Waals surface area (Å²) in [7, 11) is 0. The van der Waals surface area contributed by atoms with Crippen LogP contribution in [-0.2, 0) is 4.79 Å². The molecule has 41 heavy (non-hydrogen) atoms. The lowest BCUT2D eigenvalue weighted by Gasteiger charge is -2.48. The average molecular weight is 563 g/mol. The molecule has 2 aromatic rings. The van der Waals surface area contributed by atoms with Crippen LogP contribution in [0.3, 0.4) is 0 Å². The van der Waals surface area contributed by atoms with Crippen LogP contribution >= 0.6 is 0 Å². The molecule has 3 aliphatic heterocycles. The maximum atomic E-state index is 13.7. The summed E-state index contributed by atoms with van der Waals surface area (Å²) in [6, 6.07) is 9.75. The molecule has 4 N–H and O–H groups in total. The van der Waals surface area contributed by atoms with Gasteiger partial charge in [0, 0.05) is 28.7 Å². The second kappa shape index (κ2) is 9.76. The van der Waals surface area contributed by atoms with Gasteiger partial charge in [0.05, 0.1) is 18.5 Å². The van der Waals surface area contributed by atoms with E-state index in [0.29, 0.717) is 29.0 Å². The Balaban J connectivity index is 1.48. The summed E-state index contributed by atoms with van der Waals surface area (Å²) >= 11 is 0. The summed E-state index contributed by atoms with van der Waals surface area (Å²) in [5, 5.41) is 26.3. The molecule has 1 saturated heterocycles. The van der Waals surface area contributed by atoms with Gasteiger partial charge < -0.3 is 25.2 Å². The fourth-order valence-corrected chi connectivity index (χ4v) is 6.07. The number of amides is 2. The van der Waals surface area contributed by atoms with Crippen LogP contribution in [0.2, 0.25) is 0 Å². The van der Waals surface area contributed by atoms with Gasteiger partial charge in [0.15, 0.2) is 5.96 Å². The van der Waals surface area contributed by atoms with E-state index in [1.165, 1.54) is 4.90 Å². The van der Waals surface area contributed by atoms with Gasteiger partial charge in [-0.05, 0) is 71.7 Å². The Kier molecular flexibility index (Phi) is 6.88. The molecule has 0 unspecified atom stereocenters. The SMILES string of the molecule is Cc1ccc2c(c1)[C@@H](NC(=O)c1ccc3c(c1)[C@H](N1C(=N)N[C@](C)(C(C)C)CC1=O)CC(C)(C)O3)[C@H](O)C(C)(C)O2. The predicted octanol–water partition coefficient (Wildman–Crippen LogP) is 4.77. The Hall–Kier alpha value is -3.59. The van der Waals surface area contributed by atoms with E-state index in [1.54, 1.807) is 32.0 Å². The smallest absolute Gasteiger partial charge is 0.251 e. The van der Waals surface area contributed by atoms with Crippen LogP contribution in [0.1, 0.15) is 100 Å². The van der Waals surface area contributed by atoms with Crippen LogP contribution in [-0.4, -0.2) is 50.6 Å². The summed E-state index contributed by atoms with van der Waals surface area (Å²) in [4.78, 5) is 28.8. The number of aliphatic hydroxyl groups excluding tert-OH is 1. The van der Waals surface area contributed by atoms with Crippen LogP contribution in [0.15, 0.2) is 36.4 Å². The van der Waals surface area contributed by atoms with E-state index < -0.39 is 34.9 Å². The van der Waals surface area contributed by atoms with Crippen molar-refractivity contribution >= 4 is 17.8 Å². The number of aryl methyl sites for hydroxylation is 1. The number of ether oxygens (including phenoxy) is 2. The van der Waals surface area contributed by atoms with Crippen molar-refractivity contribution in [3.63, 3.8) is 0 Å². The highest BCUT2D eigenvalue weighted by Crippen LogP contribution is 2.45.